The van der Waals surface area contributed by atoms with Gasteiger partial charge in [-0.3, -0.25) is 9.39 Å². The number of hydrogen-bond acceptors (Lipinski definition) is 4. The van der Waals surface area contributed by atoms with Crippen molar-refractivity contribution in [3.8, 4) is 0 Å². The van der Waals surface area contributed by atoms with Gasteiger partial charge in [0.1, 0.15) is 5.82 Å². The SMILES string of the molecule is CCNC(=NCCCc1nnc2ccccn12)NCCCOC1CCCCC1.I. The Balaban J connectivity index is 0.00000300. The fourth-order valence-electron chi connectivity index (χ4n) is 3.59. The summed E-state index contributed by atoms with van der Waals surface area (Å²) in [5.74, 6) is 1.87. The Bertz CT molecular complexity index is 729. The average molecular weight is 514 g/mol. The molecule has 0 saturated heterocycles. The van der Waals surface area contributed by atoms with Crippen molar-refractivity contribution in [1.82, 2.24) is 25.2 Å². The average Bonchev–Trinajstić information content (AvgIpc) is 3.15. The Morgan fingerprint density at radius 1 is 1.17 bits per heavy atom. The molecule has 0 aromatic carbocycles. The van der Waals surface area contributed by atoms with Crippen molar-refractivity contribution in [3.05, 3.63) is 30.2 Å². The van der Waals surface area contributed by atoms with E-state index in [0.29, 0.717) is 6.10 Å². The molecule has 1 aliphatic carbocycles. The molecule has 162 valence electrons. The first-order valence-electron chi connectivity index (χ1n) is 10.8. The molecule has 29 heavy (non-hydrogen) atoms. The molecule has 2 heterocycles. The van der Waals surface area contributed by atoms with Crippen LogP contribution in [0.15, 0.2) is 29.4 Å². The lowest BCUT2D eigenvalue weighted by Crippen LogP contribution is -2.38. The summed E-state index contributed by atoms with van der Waals surface area (Å²) in [5, 5.41) is 15.2. The standard InChI is InChI=1S/C21H34N6O.HI/c1-2-22-21(24-15-9-17-28-18-10-4-3-5-11-18)23-14-8-13-20-26-25-19-12-6-7-16-27(19)20;/h6-7,12,16,18H,2-5,8-11,13-15,17H2,1H3,(H2,22,23,24);1H. The number of halogens is 1. The Labute approximate surface area is 191 Å². The zero-order chi connectivity index (χ0) is 19.4. The van der Waals surface area contributed by atoms with Crippen molar-refractivity contribution in [3.63, 3.8) is 0 Å². The number of ether oxygens (including phenoxy) is 1. The van der Waals surface area contributed by atoms with Gasteiger partial charge in [-0.15, -0.1) is 34.2 Å². The van der Waals surface area contributed by atoms with Gasteiger partial charge in [0, 0.05) is 38.9 Å². The molecule has 0 amide bonds. The molecular weight excluding hydrogens is 479 g/mol. The number of aliphatic imine (C=N–C) groups is 1. The molecule has 2 N–H and O–H groups in total. The molecular formula is C21H35IN6O. The van der Waals surface area contributed by atoms with Gasteiger partial charge in [0.15, 0.2) is 11.6 Å². The van der Waals surface area contributed by atoms with Crippen LogP contribution in [0.5, 0.6) is 0 Å². The fourth-order valence-corrected chi connectivity index (χ4v) is 3.59. The zero-order valence-electron chi connectivity index (χ0n) is 17.5. The van der Waals surface area contributed by atoms with Crippen LogP contribution in [0, 0.1) is 0 Å². The largest absolute Gasteiger partial charge is 0.378 e. The van der Waals surface area contributed by atoms with E-state index in [1.165, 1.54) is 32.1 Å². The van der Waals surface area contributed by atoms with E-state index in [9.17, 15) is 0 Å². The van der Waals surface area contributed by atoms with Crippen LogP contribution in [0.4, 0.5) is 0 Å². The molecule has 0 atom stereocenters. The lowest BCUT2D eigenvalue weighted by atomic mass is 9.98. The predicted octanol–water partition coefficient (Wildman–Crippen LogP) is 3.57. The number of rotatable bonds is 10. The second-order valence-corrected chi connectivity index (χ2v) is 7.32. The molecule has 1 saturated carbocycles. The maximum atomic E-state index is 5.98. The van der Waals surface area contributed by atoms with Crippen molar-refractivity contribution in [2.45, 2.75) is 64.4 Å². The van der Waals surface area contributed by atoms with Crippen molar-refractivity contribution in [2.75, 3.05) is 26.2 Å². The molecule has 7 nitrogen and oxygen atoms in total. The van der Waals surface area contributed by atoms with Gasteiger partial charge in [-0.25, -0.2) is 0 Å². The molecule has 1 aliphatic rings. The van der Waals surface area contributed by atoms with Gasteiger partial charge in [-0.05, 0) is 44.7 Å². The van der Waals surface area contributed by atoms with E-state index in [4.69, 9.17) is 4.74 Å². The van der Waals surface area contributed by atoms with E-state index >= 15 is 0 Å². The molecule has 0 unspecified atom stereocenters. The number of nitrogens with zero attached hydrogens (tertiary/aromatic N) is 4. The summed E-state index contributed by atoms with van der Waals surface area (Å²) < 4.78 is 8.03. The van der Waals surface area contributed by atoms with Crippen molar-refractivity contribution < 1.29 is 4.74 Å². The minimum atomic E-state index is 0. The zero-order valence-corrected chi connectivity index (χ0v) is 19.8. The summed E-state index contributed by atoms with van der Waals surface area (Å²) in [6.45, 7) is 5.42. The minimum Gasteiger partial charge on any atom is -0.378 e. The van der Waals surface area contributed by atoms with E-state index in [-0.39, 0.29) is 24.0 Å². The highest BCUT2D eigenvalue weighted by molar-refractivity contribution is 14.0. The van der Waals surface area contributed by atoms with Crippen LogP contribution in [0.1, 0.15) is 57.7 Å². The van der Waals surface area contributed by atoms with Crippen molar-refractivity contribution in [2.24, 2.45) is 4.99 Å². The quantitative estimate of drug-likeness (QED) is 0.220. The number of fused-ring (bicyclic) bond motifs is 1. The van der Waals surface area contributed by atoms with Gasteiger partial charge in [-0.2, -0.15) is 0 Å². The summed E-state index contributed by atoms with van der Waals surface area (Å²) in [6, 6.07) is 5.95. The smallest absolute Gasteiger partial charge is 0.191 e. The number of pyridine rings is 1. The monoisotopic (exact) mass is 514 g/mol. The number of aryl methyl sites for hydroxylation is 1. The molecule has 1 fully saturated rings. The van der Waals surface area contributed by atoms with Gasteiger partial charge in [0.2, 0.25) is 0 Å². The number of hydrogen-bond donors (Lipinski definition) is 2. The summed E-state index contributed by atoms with van der Waals surface area (Å²) in [4.78, 5) is 4.68. The van der Waals surface area contributed by atoms with Gasteiger partial charge in [0.25, 0.3) is 0 Å². The second-order valence-electron chi connectivity index (χ2n) is 7.32. The highest BCUT2D eigenvalue weighted by Crippen LogP contribution is 2.20. The second kappa shape index (κ2) is 13.7. The molecule has 2 aromatic rings. The fraction of sp³-hybridized carbons (Fsp3) is 0.667. The van der Waals surface area contributed by atoms with Crippen LogP contribution in [0.2, 0.25) is 0 Å². The summed E-state index contributed by atoms with van der Waals surface area (Å²) in [5.41, 5.74) is 0.895. The number of guanidine groups is 1. The van der Waals surface area contributed by atoms with E-state index in [1.807, 2.05) is 28.8 Å². The van der Waals surface area contributed by atoms with Crippen LogP contribution >= 0.6 is 24.0 Å². The molecule has 0 aliphatic heterocycles. The predicted molar refractivity (Wildman–Crippen MR) is 128 cm³/mol. The van der Waals surface area contributed by atoms with Crippen LogP contribution in [-0.4, -0.2) is 52.9 Å². The highest BCUT2D eigenvalue weighted by Gasteiger charge is 2.13. The van der Waals surface area contributed by atoms with Gasteiger partial charge < -0.3 is 15.4 Å². The lowest BCUT2D eigenvalue weighted by molar-refractivity contribution is 0.0277. The molecule has 0 radical (unpaired) electrons. The summed E-state index contributed by atoms with van der Waals surface area (Å²) >= 11 is 0. The third kappa shape index (κ3) is 8.08. The molecule has 0 bridgehead atoms. The number of aromatic nitrogens is 3. The van der Waals surface area contributed by atoms with Crippen LogP contribution in [0.3, 0.4) is 0 Å². The first-order valence-corrected chi connectivity index (χ1v) is 10.8. The van der Waals surface area contributed by atoms with Crippen molar-refractivity contribution >= 4 is 35.6 Å². The Kier molecular flexibility index (Phi) is 11.3. The molecule has 2 aromatic heterocycles. The molecule has 3 rings (SSSR count). The normalized spacial score (nSPS) is 15.3. The summed E-state index contributed by atoms with van der Waals surface area (Å²) in [6.07, 6.45) is 11.8. The van der Waals surface area contributed by atoms with Gasteiger partial charge in [-0.1, -0.05) is 25.3 Å². The maximum Gasteiger partial charge on any atom is 0.191 e. The van der Waals surface area contributed by atoms with Gasteiger partial charge >= 0.3 is 0 Å². The van der Waals surface area contributed by atoms with Crippen LogP contribution < -0.4 is 10.6 Å². The Hall–Kier alpha value is -1.42. The Morgan fingerprint density at radius 2 is 2.03 bits per heavy atom. The number of nitrogens with one attached hydrogen (secondary N) is 2. The minimum absolute atomic E-state index is 0. The highest BCUT2D eigenvalue weighted by atomic mass is 127. The Morgan fingerprint density at radius 3 is 2.86 bits per heavy atom. The van der Waals surface area contributed by atoms with E-state index in [2.05, 4.69) is 32.7 Å². The lowest BCUT2D eigenvalue weighted by Gasteiger charge is -2.22. The molecule has 0 spiro atoms. The third-order valence-corrected chi connectivity index (χ3v) is 5.08. The molecule has 8 heteroatoms. The maximum absolute atomic E-state index is 5.98. The van der Waals surface area contributed by atoms with E-state index < -0.39 is 0 Å². The van der Waals surface area contributed by atoms with E-state index in [0.717, 1.165) is 62.9 Å². The summed E-state index contributed by atoms with van der Waals surface area (Å²) in [7, 11) is 0. The first kappa shape index (κ1) is 23.9. The van der Waals surface area contributed by atoms with Crippen molar-refractivity contribution in [1.29, 1.82) is 0 Å². The third-order valence-electron chi connectivity index (χ3n) is 5.08. The van der Waals surface area contributed by atoms with E-state index in [1.54, 1.807) is 0 Å². The topological polar surface area (TPSA) is 75.8 Å². The van der Waals surface area contributed by atoms with Gasteiger partial charge in [0.05, 0.1) is 6.10 Å². The van der Waals surface area contributed by atoms with Crippen LogP contribution in [-0.2, 0) is 11.2 Å². The van der Waals surface area contributed by atoms with Crippen LogP contribution in [0.25, 0.3) is 5.65 Å². The first-order chi connectivity index (χ1) is 13.9.